The molecule has 1 fully saturated rings. The molecule has 1 aromatic heterocycles. The smallest absolute Gasteiger partial charge is 0.237 e. The number of carbonyl (C=O) groups excluding carboxylic acids is 1. The zero-order valence-corrected chi connectivity index (χ0v) is 12.1. The van der Waals surface area contributed by atoms with Crippen LogP contribution in [0.2, 0.25) is 0 Å². The Bertz CT molecular complexity index is 580. The fourth-order valence-electron chi connectivity index (χ4n) is 2.59. The summed E-state index contributed by atoms with van der Waals surface area (Å²) < 4.78 is 5.20. The lowest BCUT2D eigenvalue weighted by Gasteiger charge is -2.13. The summed E-state index contributed by atoms with van der Waals surface area (Å²) in [4.78, 5) is 12.0. The third-order valence-corrected chi connectivity index (χ3v) is 3.89. The fraction of sp³-hybridized carbons (Fsp3) is 0.353. The highest BCUT2D eigenvalue weighted by Gasteiger charge is 2.39. The molecule has 0 saturated heterocycles. The van der Waals surface area contributed by atoms with Gasteiger partial charge in [0, 0.05) is 12.0 Å². The predicted molar refractivity (Wildman–Crippen MR) is 80.7 cm³/mol. The zero-order valence-electron chi connectivity index (χ0n) is 12.1. The van der Waals surface area contributed by atoms with E-state index in [-0.39, 0.29) is 11.9 Å². The topological polar surface area (TPSA) is 54.3 Å². The second kappa shape index (κ2) is 6.14. The van der Waals surface area contributed by atoms with E-state index in [4.69, 9.17) is 4.42 Å². The lowest BCUT2D eigenvalue weighted by molar-refractivity contribution is -0.123. The summed E-state index contributed by atoms with van der Waals surface area (Å²) in [5.41, 5.74) is 1.35. The standard InChI is InChI=1S/C17H20N2O2/c1-12(17(20)18-11-14-8-5-9-21-14)19-16-10-15(16)13-6-3-2-4-7-13/h2-9,12,15-16,19H,10-11H2,1H3,(H,18,20). The van der Waals surface area contributed by atoms with Crippen LogP contribution in [0.3, 0.4) is 0 Å². The van der Waals surface area contributed by atoms with E-state index in [1.807, 2.05) is 25.1 Å². The molecule has 1 aliphatic rings. The van der Waals surface area contributed by atoms with Crippen molar-refractivity contribution in [3.05, 3.63) is 60.1 Å². The van der Waals surface area contributed by atoms with Crippen molar-refractivity contribution in [2.24, 2.45) is 0 Å². The molecule has 2 aromatic rings. The second-order valence-electron chi connectivity index (χ2n) is 5.54. The Morgan fingerprint density at radius 1 is 1.29 bits per heavy atom. The number of hydrogen-bond acceptors (Lipinski definition) is 3. The minimum atomic E-state index is -0.196. The van der Waals surface area contributed by atoms with Gasteiger partial charge in [0.2, 0.25) is 5.91 Å². The first-order valence-electron chi connectivity index (χ1n) is 7.35. The summed E-state index contributed by atoms with van der Waals surface area (Å²) in [7, 11) is 0. The monoisotopic (exact) mass is 284 g/mol. The van der Waals surface area contributed by atoms with E-state index in [0.29, 0.717) is 18.5 Å². The molecule has 1 aromatic carbocycles. The highest BCUT2D eigenvalue weighted by atomic mass is 16.3. The molecule has 110 valence electrons. The molecule has 0 spiro atoms. The van der Waals surface area contributed by atoms with Crippen molar-refractivity contribution in [2.75, 3.05) is 0 Å². The van der Waals surface area contributed by atoms with E-state index in [1.165, 1.54) is 5.56 Å². The van der Waals surface area contributed by atoms with E-state index in [2.05, 4.69) is 34.9 Å². The molecule has 4 nitrogen and oxygen atoms in total. The van der Waals surface area contributed by atoms with Gasteiger partial charge < -0.3 is 15.1 Å². The molecular formula is C17H20N2O2. The summed E-state index contributed by atoms with van der Waals surface area (Å²) >= 11 is 0. The van der Waals surface area contributed by atoms with Crippen molar-refractivity contribution in [1.82, 2.24) is 10.6 Å². The van der Waals surface area contributed by atoms with Crippen LogP contribution in [0.5, 0.6) is 0 Å². The summed E-state index contributed by atoms with van der Waals surface area (Å²) in [6.45, 7) is 2.34. The first kappa shape index (κ1) is 13.9. The van der Waals surface area contributed by atoms with Crippen LogP contribution in [0.25, 0.3) is 0 Å². The Kier molecular flexibility index (Phi) is 4.06. The van der Waals surface area contributed by atoms with E-state index < -0.39 is 0 Å². The van der Waals surface area contributed by atoms with E-state index in [9.17, 15) is 4.79 Å². The zero-order chi connectivity index (χ0) is 14.7. The molecule has 1 heterocycles. The fourth-order valence-corrected chi connectivity index (χ4v) is 2.59. The average Bonchev–Trinajstić information content (AvgIpc) is 3.08. The Morgan fingerprint density at radius 3 is 2.81 bits per heavy atom. The van der Waals surface area contributed by atoms with Gasteiger partial charge in [0.25, 0.3) is 0 Å². The van der Waals surface area contributed by atoms with E-state index >= 15 is 0 Å². The predicted octanol–water partition coefficient (Wildman–Crippen LogP) is 2.43. The van der Waals surface area contributed by atoms with Crippen LogP contribution in [-0.4, -0.2) is 18.0 Å². The van der Waals surface area contributed by atoms with Gasteiger partial charge in [-0.3, -0.25) is 4.79 Å². The van der Waals surface area contributed by atoms with Crippen molar-refractivity contribution in [2.45, 2.75) is 37.9 Å². The Labute approximate surface area is 124 Å². The van der Waals surface area contributed by atoms with Gasteiger partial charge in [-0.25, -0.2) is 0 Å². The molecular weight excluding hydrogens is 264 g/mol. The number of hydrogen-bond donors (Lipinski definition) is 2. The molecule has 1 aliphatic carbocycles. The number of benzene rings is 1. The molecule has 3 rings (SSSR count). The van der Waals surface area contributed by atoms with Crippen LogP contribution in [0, 0.1) is 0 Å². The Balaban J connectivity index is 1.44. The van der Waals surface area contributed by atoms with Crippen molar-refractivity contribution >= 4 is 5.91 Å². The minimum Gasteiger partial charge on any atom is -0.467 e. The van der Waals surface area contributed by atoms with Crippen LogP contribution in [0.1, 0.15) is 30.6 Å². The lowest BCUT2D eigenvalue weighted by Crippen LogP contribution is -2.43. The largest absolute Gasteiger partial charge is 0.467 e. The van der Waals surface area contributed by atoms with Crippen molar-refractivity contribution in [3.63, 3.8) is 0 Å². The van der Waals surface area contributed by atoms with Crippen LogP contribution in [0.4, 0.5) is 0 Å². The van der Waals surface area contributed by atoms with Crippen molar-refractivity contribution in [3.8, 4) is 0 Å². The van der Waals surface area contributed by atoms with Gasteiger partial charge in [-0.15, -0.1) is 0 Å². The van der Waals surface area contributed by atoms with Gasteiger partial charge in [0.1, 0.15) is 5.76 Å². The highest BCUT2D eigenvalue weighted by Crippen LogP contribution is 2.40. The van der Waals surface area contributed by atoms with Crippen LogP contribution in [-0.2, 0) is 11.3 Å². The molecule has 3 atom stereocenters. The molecule has 2 N–H and O–H groups in total. The van der Waals surface area contributed by atoms with Crippen LogP contribution >= 0.6 is 0 Å². The third-order valence-electron chi connectivity index (χ3n) is 3.89. The van der Waals surface area contributed by atoms with Crippen molar-refractivity contribution in [1.29, 1.82) is 0 Å². The van der Waals surface area contributed by atoms with Gasteiger partial charge in [0.05, 0.1) is 18.8 Å². The maximum atomic E-state index is 12.0. The first-order chi connectivity index (χ1) is 10.2. The maximum Gasteiger partial charge on any atom is 0.237 e. The van der Waals surface area contributed by atoms with E-state index in [1.54, 1.807) is 6.26 Å². The molecule has 1 amide bonds. The SMILES string of the molecule is CC(NC1CC1c1ccccc1)C(=O)NCc1ccco1. The number of amides is 1. The van der Waals surface area contributed by atoms with Gasteiger partial charge in [-0.2, -0.15) is 0 Å². The van der Waals surface area contributed by atoms with Crippen molar-refractivity contribution < 1.29 is 9.21 Å². The summed E-state index contributed by atoms with van der Waals surface area (Å²) in [5.74, 6) is 1.31. The van der Waals surface area contributed by atoms with Crippen LogP contribution < -0.4 is 10.6 Å². The molecule has 21 heavy (non-hydrogen) atoms. The molecule has 0 aliphatic heterocycles. The van der Waals surface area contributed by atoms with Gasteiger partial charge in [0.15, 0.2) is 0 Å². The Morgan fingerprint density at radius 2 is 2.10 bits per heavy atom. The number of carbonyl (C=O) groups is 1. The summed E-state index contributed by atoms with van der Waals surface area (Å²) in [5, 5.41) is 6.27. The number of furan rings is 1. The first-order valence-corrected chi connectivity index (χ1v) is 7.35. The normalized spacial score (nSPS) is 21.8. The van der Waals surface area contributed by atoms with Gasteiger partial charge >= 0.3 is 0 Å². The van der Waals surface area contributed by atoms with E-state index in [0.717, 1.165) is 12.2 Å². The highest BCUT2D eigenvalue weighted by molar-refractivity contribution is 5.81. The number of nitrogens with one attached hydrogen (secondary N) is 2. The molecule has 4 heteroatoms. The third kappa shape index (κ3) is 3.52. The summed E-state index contributed by atoms with van der Waals surface area (Å²) in [6, 6.07) is 14.3. The Hall–Kier alpha value is -2.07. The minimum absolute atomic E-state index is 0.00473. The second-order valence-corrected chi connectivity index (χ2v) is 5.54. The molecule has 1 saturated carbocycles. The van der Waals surface area contributed by atoms with Gasteiger partial charge in [-0.05, 0) is 31.0 Å². The lowest BCUT2D eigenvalue weighted by atomic mass is 10.1. The molecule has 0 radical (unpaired) electrons. The summed E-state index contributed by atoms with van der Waals surface area (Å²) in [6.07, 6.45) is 2.71. The number of rotatable bonds is 6. The quantitative estimate of drug-likeness (QED) is 0.856. The maximum absolute atomic E-state index is 12.0. The average molecular weight is 284 g/mol. The molecule has 3 unspecified atom stereocenters. The van der Waals surface area contributed by atoms with Crippen LogP contribution in [0.15, 0.2) is 53.1 Å². The van der Waals surface area contributed by atoms with Gasteiger partial charge in [-0.1, -0.05) is 30.3 Å². The molecule has 0 bridgehead atoms.